The van der Waals surface area contributed by atoms with Crippen molar-refractivity contribution in [2.24, 2.45) is 0 Å². The number of likely N-dealkylation sites (tertiary alicyclic amines) is 1. The third-order valence-electron chi connectivity index (χ3n) is 5.01. The number of pyridine rings is 1. The Balaban J connectivity index is 1.40. The molecule has 2 aromatic heterocycles. The highest BCUT2D eigenvalue weighted by Gasteiger charge is 2.40. The van der Waals surface area contributed by atoms with Crippen molar-refractivity contribution in [1.29, 1.82) is 0 Å². The second kappa shape index (κ2) is 6.06. The van der Waals surface area contributed by atoms with E-state index >= 15 is 0 Å². The highest BCUT2D eigenvalue weighted by molar-refractivity contribution is 5.56. The normalized spacial score (nSPS) is 22.6. The summed E-state index contributed by atoms with van der Waals surface area (Å²) in [4.78, 5) is 6.84. The summed E-state index contributed by atoms with van der Waals surface area (Å²) in [6.45, 7) is 3.34. The molecule has 0 bridgehead atoms. The van der Waals surface area contributed by atoms with E-state index in [0.29, 0.717) is 6.61 Å². The minimum atomic E-state index is 0.175. The number of benzene rings is 1. The van der Waals surface area contributed by atoms with E-state index in [9.17, 15) is 0 Å². The van der Waals surface area contributed by atoms with Gasteiger partial charge in [0.15, 0.2) is 0 Å². The molecule has 0 aliphatic carbocycles. The van der Waals surface area contributed by atoms with E-state index in [0.717, 1.165) is 36.7 Å². The zero-order valence-electron chi connectivity index (χ0n) is 13.8. The molecule has 5 rings (SSSR count). The Morgan fingerprint density at radius 3 is 2.76 bits per heavy atom. The molecule has 1 saturated heterocycles. The maximum Gasteiger partial charge on any atom is 0.137 e. The van der Waals surface area contributed by atoms with Crippen LogP contribution >= 0.6 is 0 Å². The Labute approximate surface area is 146 Å². The van der Waals surface area contributed by atoms with Crippen molar-refractivity contribution >= 4 is 0 Å². The number of aromatic nitrogens is 4. The van der Waals surface area contributed by atoms with Crippen LogP contribution in [-0.4, -0.2) is 44.1 Å². The fourth-order valence-corrected chi connectivity index (χ4v) is 3.80. The molecule has 1 aromatic carbocycles. The van der Waals surface area contributed by atoms with Gasteiger partial charge in [0.2, 0.25) is 0 Å². The monoisotopic (exact) mass is 333 g/mol. The number of hydrogen-bond acceptors (Lipinski definition) is 5. The highest BCUT2D eigenvalue weighted by Crippen LogP contribution is 2.34. The predicted octanol–water partition coefficient (Wildman–Crippen LogP) is 2.30. The van der Waals surface area contributed by atoms with Gasteiger partial charge in [-0.25, -0.2) is 4.68 Å². The van der Waals surface area contributed by atoms with Gasteiger partial charge in [0, 0.05) is 25.8 Å². The van der Waals surface area contributed by atoms with Crippen molar-refractivity contribution in [3.63, 3.8) is 0 Å². The lowest BCUT2D eigenvalue weighted by Crippen LogP contribution is -2.32. The fraction of sp³-hybridized carbons (Fsp3) is 0.316. The Kier molecular flexibility index (Phi) is 3.57. The molecule has 4 heterocycles. The van der Waals surface area contributed by atoms with Crippen molar-refractivity contribution < 1.29 is 4.74 Å². The van der Waals surface area contributed by atoms with Crippen molar-refractivity contribution in [2.75, 3.05) is 13.1 Å². The molecule has 126 valence electrons. The van der Waals surface area contributed by atoms with Crippen molar-refractivity contribution in [2.45, 2.75) is 25.3 Å². The van der Waals surface area contributed by atoms with Gasteiger partial charge in [0.1, 0.15) is 5.69 Å². The summed E-state index contributed by atoms with van der Waals surface area (Å²) >= 11 is 0. The molecular formula is C19H19N5O. The quantitative estimate of drug-likeness (QED) is 0.736. The molecule has 2 aliphatic rings. The lowest BCUT2D eigenvalue weighted by Gasteiger charge is -2.26. The van der Waals surface area contributed by atoms with Gasteiger partial charge in [-0.05, 0) is 17.7 Å². The van der Waals surface area contributed by atoms with Crippen LogP contribution in [0.3, 0.4) is 0 Å². The van der Waals surface area contributed by atoms with Crippen molar-refractivity contribution in [3.05, 3.63) is 66.0 Å². The first-order valence-electron chi connectivity index (χ1n) is 8.62. The predicted molar refractivity (Wildman–Crippen MR) is 92.6 cm³/mol. The highest BCUT2D eigenvalue weighted by atomic mass is 16.5. The van der Waals surface area contributed by atoms with Gasteiger partial charge >= 0.3 is 0 Å². The Morgan fingerprint density at radius 2 is 1.92 bits per heavy atom. The Hall–Kier alpha value is -2.57. The van der Waals surface area contributed by atoms with E-state index in [1.165, 1.54) is 5.56 Å². The van der Waals surface area contributed by atoms with Crippen LogP contribution in [0.5, 0.6) is 0 Å². The molecule has 0 unspecified atom stereocenters. The zero-order valence-corrected chi connectivity index (χ0v) is 13.8. The summed E-state index contributed by atoms with van der Waals surface area (Å²) in [5.74, 6) is 0. The van der Waals surface area contributed by atoms with Crippen LogP contribution in [0.25, 0.3) is 11.4 Å². The van der Waals surface area contributed by atoms with E-state index < -0.39 is 0 Å². The summed E-state index contributed by atoms with van der Waals surface area (Å²) in [5.41, 5.74) is 4.04. The van der Waals surface area contributed by atoms with Crippen LogP contribution in [0.15, 0.2) is 54.7 Å². The largest absolute Gasteiger partial charge is 0.368 e. The van der Waals surface area contributed by atoms with Gasteiger partial charge in [-0.15, -0.1) is 5.10 Å². The summed E-state index contributed by atoms with van der Waals surface area (Å²) < 4.78 is 8.21. The van der Waals surface area contributed by atoms with Crippen LogP contribution < -0.4 is 0 Å². The second-order valence-corrected chi connectivity index (χ2v) is 6.64. The van der Waals surface area contributed by atoms with E-state index in [2.05, 4.69) is 55.2 Å². The second-order valence-electron chi connectivity index (χ2n) is 6.64. The molecule has 6 heteroatoms. The topological polar surface area (TPSA) is 56.1 Å². The summed E-state index contributed by atoms with van der Waals surface area (Å²) in [6.07, 6.45) is 1.96. The van der Waals surface area contributed by atoms with E-state index in [1.807, 2.05) is 18.2 Å². The summed E-state index contributed by atoms with van der Waals surface area (Å²) in [6, 6.07) is 16.6. The van der Waals surface area contributed by atoms with Gasteiger partial charge in [0.05, 0.1) is 30.1 Å². The molecule has 0 radical (unpaired) electrons. The summed E-state index contributed by atoms with van der Waals surface area (Å²) in [7, 11) is 0. The number of hydrogen-bond donors (Lipinski definition) is 0. The number of rotatable bonds is 3. The standard InChI is InChI=1S/C19H19N5O/c1-2-6-14(7-3-1)10-23-11-16-18(12-23)25-13-17-19(21-22-24(16)17)15-8-4-5-9-20-15/h1-9,16,18H,10-13H2/t16-,18-/m1/s1. The molecular weight excluding hydrogens is 314 g/mol. The Bertz CT molecular complexity index is 864. The van der Waals surface area contributed by atoms with E-state index in [1.54, 1.807) is 6.20 Å². The Morgan fingerprint density at radius 1 is 1.04 bits per heavy atom. The van der Waals surface area contributed by atoms with E-state index in [4.69, 9.17) is 4.74 Å². The maximum absolute atomic E-state index is 6.15. The molecule has 0 saturated carbocycles. The zero-order chi connectivity index (χ0) is 16.6. The average molecular weight is 333 g/mol. The molecule has 6 nitrogen and oxygen atoms in total. The fourth-order valence-electron chi connectivity index (χ4n) is 3.80. The number of fused-ring (bicyclic) bond motifs is 3. The SMILES string of the molecule is c1ccc(CN2C[C@@H]3[C@@H](C2)OCc2c(-c4ccccn4)nnn23)cc1. The van der Waals surface area contributed by atoms with Gasteiger partial charge in [0.25, 0.3) is 0 Å². The maximum atomic E-state index is 6.15. The molecule has 3 aromatic rings. The van der Waals surface area contributed by atoms with Crippen LogP contribution in [0.2, 0.25) is 0 Å². The van der Waals surface area contributed by atoms with Gasteiger partial charge in [-0.1, -0.05) is 41.6 Å². The minimum absolute atomic E-state index is 0.175. The molecule has 1 fully saturated rings. The van der Waals surface area contributed by atoms with Crippen molar-refractivity contribution in [1.82, 2.24) is 24.9 Å². The van der Waals surface area contributed by atoms with Gasteiger partial charge < -0.3 is 4.74 Å². The number of ether oxygens (including phenoxy) is 1. The first kappa shape index (κ1) is 14.7. The van der Waals surface area contributed by atoms with Crippen LogP contribution in [0, 0.1) is 0 Å². The van der Waals surface area contributed by atoms with Gasteiger partial charge in [-0.3, -0.25) is 9.88 Å². The lowest BCUT2D eigenvalue weighted by atomic mass is 10.1. The molecule has 2 atom stereocenters. The van der Waals surface area contributed by atoms with Crippen LogP contribution in [0.1, 0.15) is 17.3 Å². The van der Waals surface area contributed by atoms with E-state index in [-0.39, 0.29) is 12.1 Å². The molecule has 2 aliphatic heterocycles. The average Bonchev–Trinajstić information content (AvgIpc) is 3.26. The molecule has 0 amide bonds. The number of nitrogens with zero attached hydrogens (tertiary/aromatic N) is 5. The summed E-state index contributed by atoms with van der Waals surface area (Å²) in [5, 5.41) is 8.83. The minimum Gasteiger partial charge on any atom is -0.368 e. The first-order valence-corrected chi connectivity index (χ1v) is 8.62. The molecule has 0 N–H and O–H groups in total. The third kappa shape index (κ3) is 2.63. The van der Waals surface area contributed by atoms with Crippen LogP contribution in [0.4, 0.5) is 0 Å². The van der Waals surface area contributed by atoms with Gasteiger partial charge in [-0.2, -0.15) is 0 Å². The smallest absolute Gasteiger partial charge is 0.137 e. The molecule has 25 heavy (non-hydrogen) atoms. The lowest BCUT2D eigenvalue weighted by molar-refractivity contribution is -0.00495. The third-order valence-corrected chi connectivity index (χ3v) is 5.01. The van der Waals surface area contributed by atoms with Crippen molar-refractivity contribution in [3.8, 4) is 11.4 Å². The van der Waals surface area contributed by atoms with Crippen LogP contribution in [-0.2, 0) is 17.9 Å². The molecule has 0 spiro atoms. The first-order chi connectivity index (χ1) is 12.4.